The first-order valence-electron chi connectivity index (χ1n) is 10.5. The van der Waals surface area contributed by atoms with Crippen molar-refractivity contribution in [3.05, 3.63) is 39.6 Å². The van der Waals surface area contributed by atoms with Crippen molar-refractivity contribution in [2.45, 2.75) is 44.2 Å². The summed E-state index contributed by atoms with van der Waals surface area (Å²) in [4.78, 5) is 46.4. The number of fused-ring (bicyclic) bond motifs is 4. The van der Waals surface area contributed by atoms with Gasteiger partial charge in [-0.2, -0.15) is 4.98 Å². The summed E-state index contributed by atoms with van der Waals surface area (Å²) in [5, 5.41) is 6.23. The van der Waals surface area contributed by atoms with E-state index in [2.05, 4.69) is 20.6 Å². The van der Waals surface area contributed by atoms with Crippen LogP contribution in [0.2, 0.25) is 5.02 Å². The zero-order valence-electron chi connectivity index (χ0n) is 17.7. The van der Waals surface area contributed by atoms with Gasteiger partial charge in [-0.15, -0.1) is 0 Å². The van der Waals surface area contributed by atoms with Crippen LogP contribution in [0.15, 0.2) is 34.1 Å². The normalized spacial score (nSPS) is 17.4. The summed E-state index contributed by atoms with van der Waals surface area (Å²) in [7, 11) is 1.66. The van der Waals surface area contributed by atoms with Crippen molar-refractivity contribution >= 4 is 35.3 Å². The highest BCUT2D eigenvalue weighted by Crippen LogP contribution is 2.33. The van der Waals surface area contributed by atoms with Gasteiger partial charge in [0, 0.05) is 36.3 Å². The number of nitrogens with zero attached hydrogens (tertiary/aromatic N) is 3. The number of nitrogens with one attached hydrogen (secondary N) is 2. The maximum absolute atomic E-state index is 13.0. The van der Waals surface area contributed by atoms with Crippen LogP contribution >= 0.6 is 11.6 Å². The Morgan fingerprint density at radius 1 is 1.34 bits per heavy atom. The predicted molar refractivity (Wildman–Crippen MR) is 121 cm³/mol. The van der Waals surface area contributed by atoms with Gasteiger partial charge in [0.05, 0.1) is 23.5 Å². The summed E-state index contributed by atoms with van der Waals surface area (Å²) in [5.74, 6) is -0.464. The molecular formula is C22H24ClN5O4. The molecule has 1 fully saturated rings. The second-order valence-electron chi connectivity index (χ2n) is 7.98. The number of aromatic nitrogens is 2. The van der Waals surface area contributed by atoms with E-state index < -0.39 is 11.1 Å². The van der Waals surface area contributed by atoms with E-state index in [4.69, 9.17) is 16.3 Å². The summed E-state index contributed by atoms with van der Waals surface area (Å²) >= 11 is 6.11. The highest BCUT2D eigenvalue weighted by atomic mass is 35.5. The Hall–Kier alpha value is -3.20. The lowest BCUT2D eigenvalue weighted by Gasteiger charge is -2.18. The summed E-state index contributed by atoms with van der Waals surface area (Å²) in [6.45, 7) is 0.0512. The minimum atomic E-state index is -0.432. The first-order valence-corrected chi connectivity index (χ1v) is 10.9. The van der Waals surface area contributed by atoms with Crippen LogP contribution in [-0.4, -0.2) is 46.8 Å². The SMILES string of the molecule is C/N=C\C1(NC(=O)Cn2c3nc(cc2=O)-c2ccc(Cl)cc2NC(=O)CCCCO3)CC1. The number of aliphatic imine (C=N–C) groups is 1. The lowest BCUT2D eigenvalue weighted by molar-refractivity contribution is -0.122. The molecule has 0 radical (unpaired) electrons. The molecule has 0 atom stereocenters. The third-order valence-corrected chi connectivity index (χ3v) is 5.62. The number of ether oxygens (including phenoxy) is 1. The fraction of sp³-hybridized carbons (Fsp3) is 0.409. The first-order chi connectivity index (χ1) is 15.4. The molecule has 9 nitrogen and oxygen atoms in total. The molecule has 2 heterocycles. The average Bonchev–Trinajstić information content (AvgIpc) is 3.48. The molecule has 2 bridgehead atoms. The van der Waals surface area contributed by atoms with Gasteiger partial charge in [0.2, 0.25) is 11.8 Å². The number of carbonyl (C=O) groups excluding carboxylic acids is 2. The van der Waals surface area contributed by atoms with Crippen molar-refractivity contribution in [3.63, 3.8) is 0 Å². The molecule has 2 amide bonds. The fourth-order valence-corrected chi connectivity index (χ4v) is 3.79. The van der Waals surface area contributed by atoms with Gasteiger partial charge in [-0.1, -0.05) is 11.6 Å². The molecule has 0 spiro atoms. The van der Waals surface area contributed by atoms with Gasteiger partial charge in [-0.05, 0) is 43.9 Å². The quantitative estimate of drug-likeness (QED) is 0.684. The minimum absolute atomic E-state index is 0.0597. The number of hydrogen-bond acceptors (Lipinski definition) is 6. The molecule has 32 heavy (non-hydrogen) atoms. The molecule has 2 aliphatic rings. The van der Waals surface area contributed by atoms with E-state index in [1.807, 2.05) is 0 Å². The second kappa shape index (κ2) is 9.12. The average molecular weight is 458 g/mol. The van der Waals surface area contributed by atoms with Crippen LogP contribution in [0, 0.1) is 0 Å². The molecule has 1 aliphatic carbocycles. The Labute approximate surface area is 189 Å². The molecule has 168 valence electrons. The zero-order chi connectivity index (χ0) is 22.7. The number of halogens is 1. The van der Waals surface area contributed by atoms with E-state index in [1.54, 1.807) is 31.5 Å². The van der Waals surface area contributed by atoms with Crippen molar-refractivity contribution in [3.8, 4) is 17.3 Å². The zero-order valence-corrected chi connectivity index (χ0v) is 18.4. The Bertz CT molecular complexity index is 1140. The lowest BCUT2D eigenvalue weighted by Crippen LogP contribution is -2.41. The van der Waals surface area contributed by atoms with Gasteiger partial charge in [0.15, 0.2) is 0 Å². The lowest BCUT2D eigenvalue weighted by atomic mass is 10.1. The summed E-state index contributed by atoms with van der Waals surface area (Å²) in [6, 6.07) is 6.35. The maximum Gasteiger partial charge on any atom is 0.300 e. The number of rotatable bonds is 4. The van der Waals surface area contributed by atoms with E-state index in [0.29, 0.717) is 41.2 Å². The van der Waals surface area contributed by atoms with E-state index >= 15 is 0 Å². The van der Waals surface area contributed by atoms with E-state index in [1.165, 1.54) is 10.6 Å². The van der Waals surface area contributed by atoms with Crippen LogP contribution < -0.4 is 20.9 Å². The number of amides is 2. The monoisotopic (exact) mass is 457 g/mol. The maximum atomic E-state index is 13.0. The molecule has 10 heteroatoms. The molecule has 1 aromatic carbocycles. The first kappa shape index (κ1) is 22.0. The molecular weight excluding hydrogens is 434 g/mol. The van der Waals surface area contributed by atoms with E-state index in [9.17, 15) is 14.4 Å². The highest BCUT2D eigenvalue weighted by molar-refractivity contribution is 6.31. The van der Waals surface area contributed by atoms with Gasteiger partial charge in [-0.25, -0.2) is 0 Å². The van der Waals surface area contributed by atoms with Crippen molar-refractivity contribution < 1.29 is 14.3 Å². The molecule has 1 aliphatic heterocycles. The molecule has 1 aromatic heterocycles. The molecule has 2 aromatic rings. The molecule has 0 saturated heterocycles. The Kier molecular flexibility index (Phi) is 6.27. The Morgan fingerprint density at radius 2 is 2.16 bits per heavy atom. The Morgan fingerprint density at radius 3 is 2.91 bits per heavy atom. The van der Waals surface area contributed by atoms with Crippen molar-refractivity contribution in [2.24, 2.45) is 4.99 Å². The topological polar surface area (TPSA) is 115 Å². The van der Waals surface area contributed by atoms with E-state index in [0.717, 1.165) is 12.8 Å². The second-order valence-corrected chi connectivity index (χ2v) is 8.42. The number of anilines is 1. The van der Waals surface area contributed by atoms with Crippen LogP contribution in [0.4, 0.5) is 5.69 Å². The van der Waals surface area contributed by atoms with Gasteiger partial charge < -0.3 is 15.4 Å². The van der Waals surface area contributed by atoms with Crippen molar-refractivity contribution in [2.75, 3.05) is 19.0 Å². The Balaban J connectivity index is 1.70. The number of benzene rings is 1. The number of carbonyl (C=O) groups is 2. The highest BCUT2D eigenvalue weighted by Gasteiger charge is 2.42. The van der Waals surface area contributed by atoms with E-state index in [-0.39, 0.29) is 31.0 Å². The third kappa shape index (κ3) is 4.99. The van der Waals surface area contributed by atoms with Gasteiger partial charge in [0.25, 0.3) is 11.6 Å². The third-order valence-electron chi connectivity index (χ3n) is 5.39. The minimum Gasteiger partial charge on any atom is -0.465 e. The van der Waals surface area contributed by atoms with Crippen molar-refractivity contribution in [1.82, 2.24) is 14.9 Å². The smallest absolute Gasteiger partial charge is 0.300 e. The standard InChI is InChI=1S/C22H24ClN5O4/c1-24-13-22(7-8-22)27-19(30)12-28-20(31)11-17-15-6-5-14(23)10-16(15)25-18(29)4-2-3-9-32-21(28)26-17/h5-6,10-11,13H,2-4,7-9,12H2,1H3,(H,25,29)(H,27,30)/b24-13-. The van der Waals surface area contributed by atoms with Crippen LogP contribution in [0.5, 0.6) is 6.01 Å². The van der Waals surface area contributed by atoms with Crippen LogP contribution in [-0.2, 0) is 16.1 Å². The largest absolute Gasteiger partial charge is 0.465 e. The van der Waals surface area contributed by atoms with Gasteiger partial charge >= 0.3 is 0 Å². The van der Waals surface area contributed by atoms with Gasteiger partial charge in [-0.3, -0.25) is 23.9 Å². The molecule has 0 unspecified atom stereocenters. The summed E-state index contributed by atoms with van der Waals surface area (Å²) < 4.78 is 7.01. The summed E-state index contributed by atoms with van der Waals surface area (Å²) in [5.41, 5.74) is 0.477. The molecule has 2 N–H and O–H groups in total. The fourth-order valence-electron chi connectivity index (χ4n) is 3.61. The predicted octanol–water partition coefficient (Wildman–Crippen LogP) is 2.41. The summed E-state index contributed by atoms with van der Waals surface area (Å²) in [6.07, 6.45) is 4.88. The van der Waals surface area contributed by atoms with Crippen molar-refractivity contribution in [1.29, 1.82) is 0 Å². The number of hydrogen-bond donors (Lipinski definition) is 2. The molecule has 4 rings (SSSR count). The van der Waals surface area contributed by atoms with Crippen LogP contribution in [0.1, 0.15) is 32.1 Å². The van der Waals surface area contributed by atoms with Crippen LogP contribution in [0.25, 0.3) is 11.3 Å². The van der Waals surface area contributed by atoms with Gasteiger partial charge in [0.1, 0.15) is 6.54 Å². The molecule has 1 saturated carbocycles. The van der Waals surface area contributed by atoms with Crippen LogP contribution in [0.3, 0.4) is 0 Å².